The van der Waals surface area contributed by atoms with Crippen LogP contribution in [0.4, 0.5) is 0 Å². The van der Waals surface area contributed by atoms with E-state index < -0.39 is 0 Å². The van der Waals surface area contributed by atoms with Gasteiger partial charge in [-0.15, -0.1) is 0 Å². The first-order valence-corrected chi connectivity index (χ1v) is 5.40. The third kappa shape index (κ3) is 2.30. The zero-order chi connectivity index (χ0) is 10.7. The molecule has 0 saturated carbocycles. The van der Waals surface area contributed by atoms with E-state index in [2.05, 4.69) is 17.0 Å². The summed E-state index contributed by atoms with van der Waals surface area (Å²) in [5.74, 6) is 0.928. The van der Waals surface area contributed by atoms with Gasteiger partial charge in [-0.3, -0.25) is 4.90 Å². The third-order valence-electron chi connectivity index (χ3n) is 3.06. The normalized spacial score (nSPS) is 21.1. The molecule has 2 rings (SSSR count). The van der Waals surface area contributed by atoms with Crippen molar-refractivity contribution in [2.45, 2.75) is 19.0 Å². The summed E-state index contributed by atoms with van der Waals surface area (Å²) in [4.78, 5) is 2.41. The fraction of sp³-hybridized carbons (Fsp3) is 0.500. The van der Waals surface area contributed by atoms with Crippen molar-refractivity contribution < 1.29 is 4.74 Å². The smallest absolute Gasteiger partial charge is 0.119 e. The Labute approximate surface area is 90.8 Å². The van der Waals surface area contributed by atoms with E-state index >= 15 is 0 Å². The van der Waals surface area contributed by atoms with Crippen molar-refractivity contribution in [3.8, 4) is 5.75 Å². The van der Waals surface area contributed by atoms with Crippen molar-refractivity contribution in [1.82, 2.24) is 4.90 Å². The lowest BCUT2D eigenvalue weighted by Gasteiger charge is -2.40. The van der Waals surface area contributed by atoms with Gasteiger partial charge < -0.3 is 10.5 Å². The molecule has 0 aliphatic carbocycles. The van der Waals surface area contributed by atoms with Gasteiger partial charge in [0.25, 0.3) is 0 Å². The molecule has 1 fully saturated rings. The Hall–Kier alpha value is -1.06. The van der Waals surface area contributed by atoms with E-state index in [1.165, 1.54) is 18.5 Å². The van der Waals surface area contributed by atoms with Gasteiger partial charge in [0.1, 0.15) is 5.75 Å². The van der Waals surface area contributed by atoms with E-state index in [0.717, 1.165) is 18.8 Å². The minimum absolute atomic E-state index is 0.580. The molecule has 1 unspecified atom stereocenters. The molecule has 1 aliphatic rings. The predicted molar refractivity (Wildman–Crippen MR) is 60.9 cm³/mol. The average Bonchev–Trinajstić information content (AvgIpc) is 2.25. The lowest BCUT2D eigenvalue weighted by Crippen LogP contribution is -2.50. The molecular weight excluding hydrogens is 188 g/mol. The molecule has 1 heterocycles. The van der Waals surface area contributed by atoms with Crippen molar-refractivity contribution in [1.29, 1.82) is 0 Å². The standard InChI is InChI=1S/C12H18N2O/c1-15-12-4-2-3-10(7-12)9-14-6-5-11(14)8-13/h2-4,7,11H,5-6,8-9,13H2,1H3. The second-order valence-electron chi connectivity index (χ2n) is 4.00. The van der Waals surface area contributed by atoms with Crippen molar-refractivity contribution >= 4 is 0 Å². The van der Waals surface area contributed by atoms with E-state index in [0.29, 0.717) is 6.04 Å². The largest absolute Gasteiger partial charge is 0.497 e. The highest BCUT2D eigenvalue weighted by atomic mass is 16.5. The molecule has 0 amide bonds. The summed E-state index contributed by atoms with van der Waals surface area (Å²) < 4.78 is 5.20. The van der Waals surface area contributed by atoms with Crippen LogP contribution in [0.25, 0.3) is 0 Å². The summed E-state index contributed by atoms with van der Waals surface area (Å²) in [6.07, 6.45) is 1.24. The summed E-state index contributed by atoms with van der Waals surface area (Å²) in [6.45, 7) is 2.92. The Bertz CT molecular complexity index is 325. The maximum absolute atomic E-state index is 5.67. The summed E-state index contributed by atoms with van der Waals surface area (Å²) in [7, 11) is 1.70. The number of likely N-dealkylation sites (tertiary alicyclic amines) is 1. The molecule has 0 aromatic heterocycles. The molecule has 82 valence electrons. The maximum atomic E-state index is 5.67. The number of methoxy groups -OCH3 is 1. The van der Waals surface area contributed by atoms with Crippen molar-refractivity contribution in [3.05, 3.63) is 29.8 Å². The highest BCUT2D eigenvalue weighted by Gasteiger charge is 2.25. The maximum Gasteiger partial charge on any atom is 0.119 e. The lowest BCUT2D eigenvalue weighted by molar-refractivity contribution is 0.0881. The summed E-state index contributed by atoms with van der Waals surface area (Å²) >= 11 is 0. The number of ether oxygens (including phenoxy) is 1. The van der Waals surface area contributed by atoms with Crippen LogP contribution >= 0.6 is 0 Å². The van der Waals surface area contributed by atoms with Gasteiger partial charge >= 0.3 is 0 Å². The van der Waals surface area contributed by atoms with Crippen LogP contribution in [0.3, 0.4) is 0 Å². The zero-order valence-electron chi connectivity index (χ0n) is 9.15. The Morgan fingerprint density at radius 3 is 3.00 bits per heavy atom. The highest BCUT2D eigenvalue weighted by Crippen LogP contribution is 2.21. The van der Waals surface area contributed by atoms with Crippen molar-refractivity contribution in [3.63, 3.8) is 0 Å². The molecule has 0 bridgehead atoms. The van der Waals surface area contributed by atoms with Crippen molar-refractivity contribution in [2.24, 2.45) is 5.73 Å². The number of hydrogen-bond donors (Lipinski definition) is 1. The predicted octanol–water partition coefficient (Wildman–Crippen LogP) is 1.23. The third-order valence-corrected chi connectivity index (χ3v) is 3.06. The van der Waals surface area contributed by atoms with Gasteiger partial charge in [-0.25, -0.2) is 0 Å². The van der Waals surface area contributed by atoms with Gasteiger partial charge in [0.15, 0.2) is 0 Å². The Morgan fingerprint density at radius 2 is 2.40 bits per heavy atom. The van der Waals surface area contributed by atoms with Crippen LogP contribution in [0.2, 0.25) is 0 Å². The van der Waals surface area contributed by atoms with Crippen LogP contribution in [0.15, 0.2) is 24.3 Å². The molecule has 3 nitrogen and oxygen atoms in total. The fourth-order valence-electron chi connectivity index (χ4n) is 1.97. The first-order valence-electron chi connectivity index (χ1n) is 5.40. The van der Waals surface area contributed by atoms with Crippen LogP contribution in [0, 0.1) is 0 Å². The van der Waals surface area contributed by atoms with Gasteiger partial charge in [0.05, 0.1) is 7.11 Å². The van der Waals surface area contributed by atoms with Crippen LogP contribution in [0.1, 0.15) is 12.0 Å². The van der Waals surface area contributed by atoms with E-state index in [9.17, 15) is 0 Å². The quantitative estimate of drug-likeness (QED) is 0.805. The highest BCUT2D eigenvalue weighted by molar-refractivity contribution is 5.28. The van der Waals surface area contributed by atoms with Crippen molar-refractivity contribution in [2.75, 3.05) is 20.2 Å². The fourth-order valence-corrected chi connectivity index (χ4v) is 1.97. The molecule has 1 aromatic rings. The Kier molecular flexibility index (Phi) is 3.23. The lowest BCUT2D eigenvalue weighted by atomic mass is 10.0. The van der Waals surface area contributed by atoms with Crippen LogP contribution < -0.4 is 10.5 Å². The minimum atomic E-state index is 0.580. The van der Waals surface area contributed by atoms with E-state index in [-0.39, 0.29) is 0 Å². The SMILES string of the molecule is COc1cccc(CN2CCC2CN)c1. The zero-order valence-corrected chi connectivity index (χ0v) is 9.15. The summed E-state index contributed by atoms with van der Waals surface area (Å²) in [5, 5.41) is 0. The van der Waals surface area contributed by atoms with Crippen LogP contribution in [0.5, 0.6) is 5.75 Å². The minimum Gasteiger partial charge on any atom is -0.497 e. The monoisotopic (exact) mass is 206 g/mol. The molecule has 1 aromatic carbocycles. The van der Waals surface area contributed by atoms with Gasteiger partial charge in [0.2, 0.25) is 0 Å². The van der Waals surface area contributed by atoms with E-state index in [1.54, 1.807) is 7.11 Å². The van der Waals surface area contributed by atoms with Gasteiger partial charge in [-0.1, -0.05) is 12.1 Å². The molecule has 2 N–H and O–H groups in total. The topological polar surface area (TPSA) is 38.5 Å². The average molecular weight is 206 g/mol. The molecule has 0 radical (unpaired) electrons. The van der Waals surface area contributed by atoms with E-state index in [4.69, 9.17) is 10.5 Å². The number of benzene rings is 1. The van der Waals surface area contributed by atoms with Gasteiger partial charge in [-0.05, 0) is 24.1 Å². The molecule has 1 aliphatic heterocycles. The molecular formula is C12H18N2O. The number of nitrogens with zero attached hydrogens (tertiary/aromatic N) is 1. The second-order valence-corrected chi connectivity index (χ2v) is 4.00. The summed E-state index contributed by atoms with van der Waals surface area (Å²) in [5.41, 5.74) is 6.97. The molecule has 1 atom stereocenters. The Balaban J connectivity index is 1.98. The molecule has 15 heavy (non-hydrogen) atoms. The first kappa shape index (κ1) is 10.5. The summed E-state index contributed by atoms with van der Waals surface area (Å²) in [6, 6.07) is 8.81. The number of nitrogens with two attached hydrogens (primary N) is 1. The van der Waals surface area contributed by atoms with Gasteiger partial charge in [-0.2, -0.15) is 0 Å². The first-order chi connectivity index (χ1) is 7.33. The van der Waals surface area contributed by atoms with Gasteiger partial charge in [0, 0.05) is 25.7 Å². The number of rotatable bonds is 4. The Morgan fingerprint density at radius 1 is 1.53 bits per heavy atom. The van der Waals surface area contributed by atoms with E-state index in [1.807, 2.05) is 12.1 Å². The second kappa shape index (κ2) is 4.64. The number of hydrogen-bond acceptors (Lipinski definition) is 3. The molecule has 1 saturated heterocycles. The van der Waals surface area contributed by atoms with Crippen LogP contribution in [-0.4, -0.2) is 31.1 Å². The molecule has 0 spiro atoms. The van der Waals surface area contributed by atoms with Crippen LogP contribution in [-0.2, 0) is 6.54 Å². The molecule has 3 heteroatoms.